The molecule has 3 nitrogen and oxygen atoms in total. The number of nitrogens with two attached hydrogens (primary N) is 1. The largest absolute Gasteiger partial charge is 0.389 e. The number of pyridine rings is 1. The number of anilines is 1. The first kappa shape index (κ1) is 13.0. The van der Waals surface area contributed by atoms with Crippen molar-refractivity contribution in [2.75, 3.05) is 18.0 Å². The van der Waals surface area contributed by atoms with Gasteiger partial charge in [0.05, 0.1) is 5.52 Å². The summed E-state index contributed by atoms with van der Waals surface area (Å²) < 4.78 is 0. The Bertz CT molecular complexity index is 700. The van der Waals surface area contributed by atoms with E-state index in [0.717, 1.165) is 47.2 Å². The molecule has 0 amide bonds. The lowest BCUT2D eigenvalue weighted by Crippen LogP contribution is -2.23. The van der Waals surface area contributed by atoms with E-state index in [1.54, 1.807) is 0 Å². The number of hydrogen-bond acceptors (Lipinski definition) is 3. The molecule has 2 heterocycles. The van der Waals surface area contributed by atoms with E-state index >= 15 is 0 Å². The maximum absolute atomic E-state index is 5.92. The zero-order valence-corrected chi connectivity index (χ0v) is 12.8. The third-order valence-corrected chi connectivity index (χ3v) is 5.24. The van der Waals surface area contributed by atoms with E-state index in [1.807, 2.05) is 24.3 Å². The van der Waals surface area contributed by atoms with Crippen molar-refractivity contribution in [1.29, 1.82) is 0 Å². The molecule has 4 rings (SSSR count). The van der Waals surface area contributed by atoms with E-state index in [-0.39, 0.29) is 0 Å². The van der Waals surface area contributed by atoms with E-state index < -0.39 is 0 Å². The van der Waals surface area contributed by atoms with Gasteiger partial charge in [0.15, 0.2) is 0 Å². The Morgan fingerprint density at radius 1 is 1.19 bits per heavy atom. The summed E-state index contributed by atoms with van der Waals surface area (Å²) in [7, 11) is 0. The van der Waals surface area contributed by atoms with Crippen molar-refractivity contribution in [3.8, 4) is 0 Å². The van der Waals surface area contributed by atoms with Crippen LogP contribution in [0.2, 0.25) is 0 Å². The molecule has 1 saturated carbocycles. The maximum Gasteiger partial charge on any atom is 0.129 e. The molecule has 2 N–H and O–H groups in total. The second kappa shape index (κ2) is 4.95. The number of hydrogen-bond donors (Lipinski definition) is 1. The standard InChI is InChI=1S/C17H19N3S/c18-17(21)14-8-16(19-15-7-2-1-6-13(14)15)20-9-11-4-3-5-12(11)10-20/h1-2,6-8,11-12H,3-5,9-10H2,(H2,18,21). The highest BCUT2D eigenvalue weighted by molar-refractivity contribution is 7.80. The lowest BCUT2D eigenvalue weighted by atomic mass is 10.0. The lowest BCUT2D eigenvalue weighted by molar-refractivity contribution is 0.494. The molecule has 108 valence electrons. The molecule has 1 saturated heterocycles. The smallest absolute Gasteiger partial charge is 0.129 e. The third kappa shape index (κ3) is 2.18. The lowest BCUT2D eigenvalue weighted by Gasteiger charge is -2.20. The molecule has 1 aromatic carbocycles. The molecule has 1 aliphatic heterocycles. The fraction of sp³-hybridized carbons (Fsp3) is 0.412. The van der Waals surface area contributed by atoms with Gasteiger partial charge in [-0.15, -0.1) is 0 Å². The van der Waals surface area contributed by atoms with E-state index in [4.69, 9.17) is 22.9 Å². The SMILES string of the molecule is NC(=S)c1cc(N2CC3CCCC3C2)nc2ccccc12. The highest BCUT2D eigenvalue weighted by atomic mass is 32.1. The Morgan fingerprint density at radius 3 is 2.62 bits per heavy atom. The van der Waals surface area contributed by atoms with Crippen molar-refractivity contribution in [3.05, 3.63) is 35.9 Å². The Balaban J connectivity index is 1.77. The molecule has 2 atom stereocenters. The zero-order chi connectivity index (χ0) is 14.4. The second-order valence-corrected chi connectivity index (χ2v) is 6.71. The number of benzene rings is 1. The Labute approximate surface area is 130 Å². The van der Waals surface area contributed by atoms with Gasteiger partial charge in [-0.1, -0.05) is 36.8 Å². The monoisotopic (exact) mass is 297 g/mol. The van der Waals surface area contributed by atoms with E-state index in [2.05, 4.69) is 11.0 Å². The number of fused-ring (bicyclic) bond motifs is 2. The topological polar surface area (TPSA) is 42.1 Å². The van der Waals surface area contributed by atoms with Gasteiger partial charge < -0.3 is 10.6 Å². The van der Waals surface area contributed by atoms with Crippen LogP contribution in [-0.4, -0.2) is 23.1 Å². The van der Waals surface area contributed by atoms with Crippen LogP contribution in [0.4, 0.5) is 5.82 Å². The quantitative estimate of drug-likeness (QED) is 0.865. The van der Waals surface area contributed by atoms with Gasteiger partial charge in [0.1, 0.15) is 10.8 Å². The molecule has 21 heavy (non-hydrogen) atoms. The first-order valence-corrected chi connectivity index (χ1v) is 8.08. The number of nitrogens with zero attached hydrogens (tertiary/aromatic N) is 2. The first-order valence-electron chi connectivity index (χ1n) is 7.67. The van der Waals surface area contributed by atoms with Crippen molar-refractivity contribution < 1.29 is 0 Å². The minimum atomic E-state index is 0.453. The summed E-state index contributed by atoms with van der Waals surface area (Å²) >= 11 is 5.24. The number of rotatable bonds is 2. The Morgan fingerprint density at radius 2 is 1.90 bits per heavy atom. The van der Waals surface area contributed by atoms with Crippen molar-refractivity contribution in [3.63, 3.8) is 0 Å². The van der Waals surface area contributed by atoms with Gasteiger partial charge in [-0.25, -0.2) is 4.98 Å². The van der Waals surface area contributed by atoms with Gasteiger partial charge in [-0.3, -0.25) is 0 Å². The summed E-state index contributed by atoms with van der Waals surface area (Å²) in [6.45, 7) is 2.26. The van der Waals surface area contributed by atoms with Crippen molar-refractivity contribution in [1.82, 2.24) is 4.98 Å². The molecular formula is C17H19N3S. The van der Waals surface area contributed by atoms with Crippen LogP contribution in [-0.2, 0) is 0 Å². The van der Waals surface area contributed by atoms with Gasteiger partial charge in [0, 0.05) is 24.0 Å². The van der Waals surface area contributed by atoms with Crippen LogP contribution in [0.15, 0.2) is 30.3 Å². The second-order valence-electron chi connectivity index (χ2n) is 6.27. The predicted molar refractivity (Wildman–Crippen MR) is 90.7 cm³/mol. The fourth-order valence-electron chi connectivity index (χ4n) is 3.95. The summed E-state index contributed by atoms with van der Waals surface area (Å²) in [5.74, 6) is 2.74. The van der Waals surface area contributed by atoms with Crippen LogP contribution >= 0.6 is 12.2 Å². The van der Waals surface area contributed by atoms with Crippen molar-refractivity contribution in [2.24, 2.45) is 17.6 Å². The van der Waals surface area contributed by atoms with Crippen LogP contribution in [0.5, 0.6) is 0 Å². The Kier molecular flexibility index (Phi) is 3.07. The van der Waals surface area contributed by atoms with Gasteiger partial charge in [-0.2, -0.15) is 0 Å². The summed E-state index contributed by atoms with van der Waals surface area (Å²) in [6, 6.07) is 10.2. The van der Waals surface area contributed by atoms with Gasteiger partial charge >= 0.3 is 0 Å². The maximum atomic E-state index is 5.92. The van der Waals surface area contributed by atoms with Crippen LogP contribution in [0.25, 0.3) is 10.9 Å². The average molecular weight is 297 g/mol. The fourth-order valence-corrected chi connectivity index (χ4v) is 4.12. The molecule has 2 aromatic rings. The zero-order valence-electron chi connectivity index (χ0n) is 12.0. The minimum absolute atomic E-state index is 0.453. The van der Waals surface area contributed by atoms with E-state index in [9.17, 15) is 0 Å². The van der Waals surface area contributed by atoms with Gasteiger partial charge in [0.2, 0.25) is 0 Å². The highest BCUT2D eigenvalue weighted by Gasteiger charge is 2.36. The van der Waals surface area contributed by atoms with Gasteiger partial charge in [0.25, 0.3) is 0 Å². The molecule has 1 aromatic heterocycles. The van der Waals surface area contributed by atoms with Crippen LogP contribution < -0.4 is 10.6 Å². The normalized spacial score (nSPS) is 24.5. The van der Waals surface area contributed by atoms with Crippen LogP contribution in [0.3, 0.4) is 0 Å². The van der Waals surface area contributed by atoms with Crippen molar-refractivity contribution >= 4 is 33.9 Å². The molecule has 0 bridgehead atoms. The molecular weight excluding hydrogens is 278 g/mol. The number of aromatic nitrogens is 1. The Hall–Kier alpha value is -1.68. The molecule has 0 radical (unpaired) electrons. The van der Waals surface area contributed by atoms with E-state index in [0.29, 0.717) is 4.99 Å². The van der Waals surface area contributed by atoms with Crippen LogP contribution in [0, 0.1) is 11.8 Å². The van der Waals surface area contributed by atoms with Crippen molar-refractivity contribution in [2.45, 2.75) is 19.3 Å². The summed E-state index contributed by atoms with van der Waals surface area (Å²) in [5.41, 5.74) is 7.85. The predicted octanol–water partition coefficient (Wildman–Crippen LogP) is 3.11. The minimum Gasteiger partial charge on any atom is -0.389 e. The summed E-state index contributed by atoms with van der Waals surface area (Å²) in [6.07, 6.45) is 4.14. The molecule has 2 unspecified atom stereocenters. The molecule has 1 aliphatic carbocycles. The highest BCUT2D eigenvalue weighted by Crippen LogP contribution is 2.39. The molecule has 4 heteroatoms. The number of para-hydroxylation sites is 1. The van der Waals surface area contributed by atoms with Crippen LogP contribution in [0.1, 0.15) is 24.8 Å². The molecule has 2 aliphatic rings. The average Bonchev–Trinajstić information content (AvgIpc) is 3.07. The molecule has 2 fully saturated rings. The molecule has 0 spiro atoms. The summed E-state index contributed by atoms with van der Waals surface area (Å²) in [4.78, 5) is 7.71. The van der Waals surface area contributed by atoms with E-state index in [1.165, 1.54) is 19.3 Å². The third-order valence-electron chi connectivity index (χ3n) is 5.02. The summed E-state index contributed by atoms with van der Waals surface area (Å²) in [5, 5.41) is 1.05. The van der Waals surface area contributed by atoms with Gasteiger partial charge in [-0.05, 0) is 36.8 Å². The first-order chi connectivity index (χ1) is 10.2. The number of thiocarbonyl (C=S) groups is 1.